The normalized spacial score (nSPS) is 16.6. The van der Waals surface area contributed by atoms with E-state index in [1.54, 1.807) is 20.8 Å². The maximum atomic E-state index is 14.1. The van der Waals surface area contributed by atoms with Crippen molar-refractivity contribution >= 4 is 6.09 Å². The first kappa shape index (κ1) is 20.3. The van der Waals surface area contributed by atoms with E-state index in [-0.39, 0.29) is 11.5 Å². The number of benzene rings is 1. The zero-order valence-electron chi connectivity index (χ0n) is 16.2. The van der Waals surface area contributed by atoms with Crippen molar-refractivity contribution in [2.24, 2.45) is 5.92 Å². The van der Waals surface area contributed by atoms with Crippen LogP contribution < -0.4 is 5.32 Å². The van der Waals surface area contributed by atoms with Gasteiger partial charge in [-0.3, -0.25) is 0 Å². The quantitative estimate of drug-likeness (QED) is 0.810. The molecule has 1 amide bonds. The summed E-state index contributed by atoms with van der Waals surface area (Å²) in [5.41, 5.74) is -0.208. The fourth-order valence-electron chi connectivity index (χ4n) is 3.23. The fraction of sp³-hybridized carbons (Fsp3) is 0.500. The first-order valence-corrected chi connectivity index (χ1v) is 9.30. The second-order valence-corrected chi connectivity index (χ2v) is 7.88. The van der Waals surface area contributed by atoms with Gasteiger partial charge < -0.3 is 19.8 Å². The molecule has 1 aliphatic heterocycles. The highest BCUT2D eigenvalue weighted by Crippen LogP contribution is 2.31. The molecule has 1 fully saturated rings. The lowest BCUT2D eigenvalue weighted by Gasteiger charge is -2.30. The number of aromatic nitrogens is 2. The molecule has 3 rings (SSSR count). The molecule has 0 saturated carbocycles. The number of nitrogens with one attached hydrogen (secondary N) is 2. The van der Waals surface area contributed by atoms with E-state index in [0.717, 1.165) is 31.0 Å². The highest BCUT2D eigenvalue weighted by atomic mass is 19.1. The predicted octanol–water partition coefficient (Wildman–Crippen LogP) is 4.35. The van der Waals surface area contributed by atoms with Crippen LogP contribution in [0.3, 0.4) is 0 Å². The molecular formula is C20H25F2N3O3. The van der Waals surface area contributed by atoms with Gasteiger partial charge in [0.25, 0.3) is 0 Å². The van der Waals surface area contributed by atoms with Gasteiger partial charge in [0.05, 0.1) is 17.9 Å². The number of imidazole rings is 1. The van der Waals surface area contributed by atoms with Gasteiger partial charge in [-0.15, -0.1) is 0 Å². The number of aromatic amines is 1. The Bertz CT molecular complexity index is 826. The summed E-state index contributed by atoms with van der Waals surface area (Å²) >= 11 is 0. The van der Waals surface area contributed by atoms with Crippen LogP contribution >= 0.6 is 0 Å². The molecule has 1 saturated heterocycles. The lowest BCUT2D eigenvalue weighted by molar-refractivity contribution is 0.0340. The zero-order valence-corrected chi connectivity index (χ0v) is 16.2. The molecule has 2 heterocycles. The molecule has 152 valence electrons. The number of carbonyl (C=O) groups is 1. The lowest BCUT2D eigenvalue weighted by Crippen LogP contribution is -2.39. The molecule has 0 bridgehead atoms. The summed E-state index contributed by atoms with van der Waals surface area (Å²) < 4.78 is 38.4. The summed E-state index contributed by atoms with van der Waals surface area (Å²) in [5.74, 6) is -0.547. The molecule has 1 aliphatic rings. The Morgan fingerprint density at radius 3 is 2.71 bits per heavy atom. The minimum absolute atomic E-state index is 0.0811. The molecule has 1 aromatic carbocycles. The largest absolute Gasteiger partial charge is 0.444 e. The van der Waals surface area contributed by atoms with Crippen molar-refractivity contribution in [3.05, 3.63) is 41.9 Å². The molecular weight excluding hydrogens is 368 g/mol. The number of hydrogen-bond acceptors (Lipinski definition) is 4. The standard InChI is InChI=1S/C20H25F2N3O3/c1-20(2,3)28-19(26)25-17(12-6-8-27-9-7-12)18-23-11-16(24-18)14-10-13(21)4-5-15(14)22/h4-5,10-12,17H,6-9H2,1-3H3,(H,23,24)(H,25,26). The van der Waals surface area contributed by atoms with Crippen LogP contribution in [0.25, 0.3) is 11.3 Å². The van der Waals surface area contributed by atoms with Crippen molar-refractivity contribution in [3.8, 4) is 11.3 Å². The fourth-order valence-corrected chi connectivity index (χ4v) is 3.23. The van der Waals surface area contributed by atoms with Crippen molar-refractivity contribution in [1.29, 1.82) is 0 Å². The summed E-state index contributed by atoms with van der Waals surface area (Å²) in [6.07, 6.45) is 2.37. The third-order valence-corrected chi connectivity index (χ3v) is 4.52. The van der Waals surface area contributed by atoms with E-state index >= 15 is 0 Å². The van der Waals surface area contributed by atoms with Crippen molar-refractivity contribution < 1.29 is 23.0 Å². The first-order chi connectivity index (χ1) is 13.2. The Morgan fingerprint density at radius 2 is 2.04 bits per heavy atom. The Kier molecular flexibility index (Phi) is 5.98. The Balaban J connectivity index is 1.86. The second kappa shape index (κ2) is 8.26. The maximum absolute atomic E-state index is 14.1. The summed E-state index contributed by atoms with van der Waals surface area (Å²) in [6.45, 7) is 6.53. The average molecular weight is 393 g/mol. The predicted molar refractivity (Wildman–Crippen MR) is 99.6 cm³/mol. The number of ether oxygens (including phenoxy) is 2. The number of rotatable bonds is 4. The smallest absolute Gasteiger partial charge is 0.408 e. The van der Waals surface area contributed by atoms with Gasteiger partial charge in [0.1, 0.15) is 23.1 Å². The van der Waals surface area contributed by atoms with E-state index < -0.39 is 29.4 Å². The number of halogens is 2. The number of nitrogens with zero attached hydrogens (tertiary/aromatic N) is 1. The van der Waals surface area contributed by atoms with E-state index in [9.17, 15) is 13.6 Å². The number of alkyl carbamates (subject to hydrolysis) is 1. The van der Waals surface area contributed by atoms with Crippen molar-refractivity contribution in [1.82, 2.24) is 15.3 Å². The molecule has 6 nitrogen and oxygen atoms in total. The molecule has 1 atom stereocenters. The van der Waals surface area contributed by atoms with Crippen molar-refractivity contribution in [2.45, 2.75) is 45.3 Å². The van der Waals surface area contributed by atoms with Crippen LogP contribution in [0.15, 0.2) is 24.4 Å². The number of H-pyrrole nitrogens is 1. The van der Waals surface area contributed by atoms with E-state index in [2.05, 4.69) is 15.3 Å². The first-order valence-electron chi connectivity index (χ1n) is 9.30. The van der Waals surface area contributed by atoms with Crippen LogP contribution in [0.5, 0.6) is 0 Å². The van der Waals surface area contributed by atoms with E-state index in [1.165, 1.54) is 6.20 Å². The van der Waals surface area contributed by atoms with Gasteiger partial charge in [0.15, 0.2) is 0 Å². The van der Waals surface area contributed by atoms with Crippen molar-refractivity contribution in [3.63, 3.8) is 0 Å². The maximum Gasteiger partial charge on any atom is 0.408 e. The summed E-state index contributed by atoms with van der Waals surface area (Å²) in [7, 11) is 0. The summed E-state index contributed by atoms with van der Waals surface area (Å²) in [6, 6.07) is 2.78. The van der Waals surface area contributed by atoms with Gasteiger partial charge in [0, 0.05) is 18.8 Å². The van der Waals surface area contributed by atoms with Gasteiger partial charge in [-0.2, -0.15) is 0 Å². The number of carbonyl (C=O) groups excluding carboxylic acids is 1. The minimum atomic E-state index is -0.636. The molecule has 2 N–H and O–H groups in total. The molecule has 0 aliphatic carbocycles. The third kappa shape index (κ3) is 5.07. The van der Waals surface area contributed by atoms with E-state index in [4.69, 9.17) is 9.47 Å². The Morgan fingerprint density at radius 1 is 1.32 bits per heavy atom. The molecule has 2 aromatic rings. The molecule has 8 heteroatoms. The summed E-state index contributed by atoms with van der Waals surface area (Å²) in [4.78, 5) is 19.7. The third-order valence-electron chi connectivity index (χ3n) is 4.52. The highest BCUT2D eigenvalue weighted by Gasteiger charge is 2.31. The van der Waals surface area contributed by atoms with Crippen LogP contribution in [0.4, 0.5) is 13.6 Å². The monoisotopic (exact) mass is 393 g/mol. The van der Waals surface area contributed by atoms with Gasteiger partial charge in [-0.1, -0.05) is 0 Å². The van der Waals surface area contributed by atoms with Crippen LogP contribution in [-0.4, -0.2) is 34.9 Å². The molecule has 0 radical (unpaired) electrons. The topological polar surface area (TPSA) is 76.2 Å². The zero-order chi connectivity index (χ0) is 20.3. The molecule has 1 unspecified atom stereocenters. The molecule has 1 aromatic heterocycles. The van der Waals surface area contributed by atoms with Crippen LogP contribution in [-0.2, 0) is 9.47 Å². The Labute approximate surface area is 162 Å². The van der Waals surface area contributed by atoms with Crippen LogP contribution in [0.2, 0.25) is 0 Å². The van der Waals surface area contributed by atoms with E-state index in [1.807, 2.05) is 0 Å². The Hall–Kier alpha value is -2.48. The molecule has 0 spiro atoms. The number of amides is 1. The van der Waals surface area contributed by atoms with Crippen LogP contribution in [0, 0.1) is 17.6 Å². The van der Waals surface area contributed by atoms with Crippen molar-refractivity contribution in [2.75, 3.05) is 13.2 Å². The molecule has 28 heavy (non-hydrogen) atoms. The second-order valence-electron chi connectivity index (χ2n) is 7.88. The lowest BCUT2D eigenvalue weighted by atomic mass is 9.91. The number of hydrogen-bond donors (Lipinski definition) is 2. The van der Waals surface area contributed by atoms with Crippen LogP contribution in [0.1, 0.15) is 45.5 Å². The van der Waals surface area contributed by atoms with Gasteiger partial charge in [0.2, 0.25) is 0 Å². The highest BCUT2D eigenvalue weighted by molar-refractivity contribution is 5.68. The van der Waals surface area contributed by atoms with Gasteiger partial charge >= 0.3 is 6.09 Å². The van der Waals surface area contributed by atoms with E-state index in [0.29, 0.717) is 24.7 Å². The minimum Gasteiger partial charge on any atom is -0.444 e. The van der Waals surface area contributed by atoms with Gasteiger partial charge in [-0.05, 0) is 57.7 Å². The average Bonchev–Trinajstić information content (AvgIpc) is 3.10. The SMILES string of the molecule is CC(C)(C)OC(=O)NC(c1ncc(-c2cc(F)ccc2F)[nH]1)C1CCOCC1. The summed E-state index contributed by atoms with van der Waals surface area (Å²) in [5, 5.41) is 2.87. The van der Waals surface area contributed by atoms with Gasteiger partial charge in [-0.25, -0.2) is 18.6 Å².